The lowest BCUT2D eigenvalue weighted by Crippen LogP contribution is -2.36. The molecular weight excluding hydrogens is 268 g/mol. The van der Waals surface area contributed by atoms with Gasteiger partial charge in [-0.05, 0) is 39.5 Å². The highest BCUT2D eigenvalue weighted by Crippen LogP contribution is 2.29. The van der Waals surface area contributed by atoms with Crippen LogP contribution in [0.15, 0.2) is 0 Å². The molecule has 0 atom stereocenters. The number of hydrogen-bond acceptors (Lipinski definition) is 7. The van der Waals surface area contributed by atoms with Gasteiger partial charge in [0.2, 0.25) is 11.9 Å². The van der Waals surface area contributed by atoms with E-state index in [1.807, 2.05) is 13.8 Å². The first-order chi connectivity index (χ1) is 9.50. The van der Waals surface area contributed by atoms with E-state index in [0.29, 0.717) is 5.95 Å². The molecule has 0 aliphatic heterocycles. The van der Waals surface area contributed by atoms with Crippen molar-refractivity contribution in [1.82, 2.24) is 15.0 Å². The minimum absolute atomic E-state index is 0.0199. The van der Waals surface area contributed by atoms with Crippen LogP contribution in [0.25, 0.3) is 0 Å². The Kier molecular flexibility index (Phi) is 5.33. The number of anilines is 2. The van der Waals surface area contributed by atoms with E-state index in [4.69, 9.17) is 10.6 Å². The number of hydrogen-bond donors (Lipinski definition) is 3. The fraction of sp³-hybridized carbons (Fsp3) is 0.786. The van der Waals surface area contributed by atoms with Gasteiger partial charge in [-0.1, -0.05) is 20.8 Å². The summed E-state index contributed by atoms with van der Waals surface area (Å²) in [5.41, 5.74) is 2.46. The number of rotatable bonds is 6. The van der Waals surface area contributed by atoms with Crippen LogP contribution >= 0.6 is 0 Å². The molecule has 0 unspecified atom stereocenters. The molecule has 4 N–H and O–H groups in total. The molecule has 0 aromatic carbocycles. The maximum atomic E-state index is 5.51. The number of nitrogens with zero attached hydrogens (tertiary/aromatic N) is 3. The van der Waals surface area contributed by atoms with Crippen LogP contribution in [-0.4, -0.2) is 26.6 Å². The van der Waals surface area contributed by atoms with Crippen LogP contribution in [0.5, 0.6) is 6.01 Å². The van der Waals surface area contributed by atoms with Gasteiger partial charge in [-0.15, -0.1) is 0 Å². The van der Waals surface area contributed by atoms with E-state index in [9.17, 15) is 0 Å². The Morgan fingerprint density at radius 2 is 1.62 bits per heavy atom. The Bertz CT molecular complexity index is 467. The summed E-state index contributed by atoms with van der Waals surface area (Å²) in [6.07, 6.45) is 0.936. The number of nitrogens with one attached hydrogen (secondary N) is 2. The molecule has 21 heavy (non-hydrogen) atoms. The van der Waals surface area contributed by atoms with Crippen molar-refractivity contribution in [3.05, 3.63) is 0 Å². The maximum absolute atomic E-state index is 5.51. The molecule has 1 aromatic rings. The molecule has 1 aromatic heterocycles. The van der Waals surface area contributed by atoms with Crippen molar-refractivity contribution in [2.45, 2.75) is 66.5 Å². The lowest BCUT2D eigenvalue weighted by atomic mass is 9.82. The van der Waals surface area contributed by atoms with Gasteiger partial charge < -0.3 is 10.1 Å². The van der Waals surface area contributed by atoms with Crippen molar-refractivity contribution in [2.24, 2.45) is 11.3 Å². The monoisotopic (exact) mass is 296 g/mol. The average molecular weight is 296 g/mol. The van der Waals surface area contributed by atoms with Crippen molar-refractivity contribution in [1.29, 1.82) is 0 Å². The van der Waals surface area contributed by atoms with Gasteiger partial charge in [0.15, 0.2) is 0 Å². The van der Waals surface area contributed by atoms with Gasteiger partial charge in [-0.2, -0.15) is 15.0 Å². The lowest BCUT2D eigenvalue weighted by molar-refractivity contribution is 0.222. The Morgan fingerprint density at radius 1 is 1.05 bits per heavy atom. The normalized spacial score (nSPS) is 12.4. The summed E-state index contributed by atoms with van der Waals surface area (Å²) >= 11 is 0. The van der Waals surface area contributed by atoms with Crippen LogP contribution in [0.4, 0.5) is 11.9 Å². The molecule has 0 saturated carbocycles. The molecule has 0 radical (unpaired) electrons. The topological polar surface area (TPSA) is 98.0 Å². The van der Waals surface area contributed by atoms with E-state index in [0.717, 1.165) is 6.42 Å². The molecule has 7 heteroatoms. The second-order valence-corrected chi connectivity index (χ2v) is 7.32. The third-order valence-corrected chi connectivity index (χ3v) is 2.51. The number of nitrogen functional groups attached to an aromatic ring is 1. The fourth-order valence-corrected chi connectivity index (χ4v) is 2.41. The number of hydrazine groups is 1. The van der Waals surface area contributed by atoms with E-state index in [1.165, 1.54) is 0 Å². The van der Waals surface area contributed by atoms with Crippen molar-refractivity contribution in [2.75, 3.05) is 10.7 Å². The van der Waals surface area contributed by atoms with Crippen LogP contribution in [0.2, 0.25) is 0 Å². The second kappa shape index (κ2) is 6.43. The Hall–Kier alpha value is -1.63. The van der Waals surface area contributed by atoms with Gasteiger partial charge in [-0.3, -0.25) is 5.43 Å². The zero-order valence-corrected chi connectivity index (χ0v) is 14.1. The maximum Gasteiger partial charge on any atom is 0.323 e. The molecule has 0 aliphatic rings. The summed E-state index contributed by atoms with van der Waals surface area (Å²) < 4.78 is 5.51. The van der Waals surface area contributed by atoms with Gasteiger partial charge in [0.05, 0.1) is 6.10 Å². The van der Waals surface area contributed by atoms with E-state index < -0.39 is 0 Å². The van der Waals surface area contributed by atoms with Crippen LogP contribution < -0.4 is 21.3 Å². The summed E-state index contributed by atoms with van der Waals surface area (Å²) in [5, 5.41) is 3.33. The molecule has 0 fully saturated rings. The highest BCUT2D eigenvalue weighted by atomic mass is 16.5. The Labute approximate surface area is 127 Å². The van der Waals surface area contributed by atoms with Gasteiger partial charge in [-0.25, -0.2) is 5.84 Å². The minimum Gasteiger partial charge on any atom is -0.461 e. The van der Waals surface area contributed by atoms with E-state index in [-0.39, 0.29) is 29.0 Å². The molecule has 0 amide bonds. The molecule has 0 bridgehead atoms. The van der Waals surface area contributed by atoms with E-state index >= 15 is 0 Å². The molecule has 1 heterocycles. The summed E-state index contributed by atoms with van der Waals surface area (Å²) in [4.78, 5) is 12.6. The number of nitrogens with two attached hydrogens (primary N) is 1. The quantitative estimate of drug-likeness (QED) is 0.548. The lowest BCUT2D eigenvalue weighted by Gasteiger charge is -2.33. The fourth-order valence-electron chi connectivity index (χ4n) is 2.41. The largest absolute Gasteiger partial charge is 0.461 e. The predicted molar refractivity (Wildman–Crippen MR) is 85.2 cm³/mol. The zero-order valence-electron chi connectivity index (χ0n) is 14.1. The summed E-state index contributed by atoms with van der Waals surface area (Å²) in [5.74, 6) is 6.12. The van der Waals surface area contributed by atoms with Gasteiger partial charge in [0.25, 0.3) is 0 Å². The van der Waals surface area contributed by atoms with Crippen molar-refractivity contribution in [3.63, 3.8) is 0 Å². The highest BCUT2D eigenvalue weighted by Gasteiger charge is 2.26. The summed E-state index contributed by atoms with van der Waals surface area (Å²) in [7, 11) is 0. The van der Waals surface area contributed by atoms with Crippen molar-refractivity contribution >= 4 is 11.9 Å². The Morgan fingerprint density at radius 3 is 2.10 bits per heavy atom. The first-order valence-electron chi connectivity index (χ1n) is 7.18. The van der Waals surface area contributed by atoms with Crippen molar-refractivity contribution < 1.29 is 4.74 Å². The standard InChI is InChI=1S/C14H28N6O/c1-9(2)21-12-17-10(16-11(18-12)20-15)19-14(6,7)8-13(3,4)5/h9H,8,15H2,1-7H3,(H2,16,17,18,19,20). The number of ether oxygens (including phenoxy) is 1. The first kappa shape index (κ1) is 17.4. The van der Waals surface area contributed by atoms with Crippen LogP contribution in [0, 0.1) is 5.41 Å². The third-order valence-electron chi connectivity index (χ3n) is 2.51. The molecule has 0 saturated heterocycles. The van der Waals surface area contributed by atoms with Crippen LogP contribution in [-0.2, 0) is 0 Å². The van der Waals surface area contributed by atoms with E-state index in [1.54, 1.807) is 0 Å². The van der Waals surface area contributed by atoms with Gasteiger partial charge in [0.1, 0.15) is 0 Å². The summed E-state index contributed by atoms with van der Waals surface area (Å²) in [6, 6.07) is 0.252. The molecule has 120 valence electrons. The first-order valence-corrected chi connectivity index (χ1v) is 7.18. The molecular formula is C14H28N6O. The minimum atomic E-state index is -0.166. The SMILES string of the molecule is CC(C)Oc1nc(NN)nc(NC(C)(C)CC(C)(C)C)n1. The molecule has 7 nitrogen and oxygen atoms in total. The van der Waals surface area contributed by atoms with Gasteiger partial charge in [0, 0.05) is 5.54 Å². The summed E-state index contributed by atoms with van der Waals surface area (Å²) in [6.45, 7) is 14.6. The molecule has 0 aliphatic carbocycles. The van der Waals surface area contributed by atoms with Gasteiger partial charge >= 0.3 is 6.01 Å². The van der Waals surface area contributed by atoms with Crippen LogP contribution in [0.1, 0.15) is 54.9 Å². The predicted octanol–water partition coefficient (Wildman–Crippen LogP) is 2.57. The second-order valence-electron chi connectivity index (χ2n) is 7.32. The molecule has 0 spiro atoms. The Balaban J connectivity index is 2.96. The van der Waals surface area contributed by atoms with Crippen molar-refractivity contribution in [3.8, 4) is 6.01 Å². The zero-order chi connectivity index (χ0) is 16.3. The average Bonchev–Trinajstić information content (AvgIpc) is 2.22. The molecule has 1 rings (SSSR count). The highest BCUT2D eigenvalue weighted by molar-refractivity contribution is 5.37. The smallest absolute Gasteiger partial charge is 0.323 e. The third kappa shape index (κ3) is 6.57. The number of aromatic nitrogens is 3. The van der Waals surface area contributed by atoms with Crippen LogP contribution in [0.3, 0.4) is 0 Å². The van der Waals surface area contributed by atoms with E-state index in [2.05, 4.69) is 60.3 Å².